The van der Waals surface area contributed by atoms with E-state index in [9.17, 15) is 5.11 Å². The Morgan fingerprint density at radius 2 is 2.00 bits per heavy atom. The highest BCUT2D eigenvalue weighted by Gasteiger charge is 2.20. The number of hydrogen-bond donors (Lipinski definition) is 1. The predicted octanol–water partition coefficient (Wildman–Crippen LogP) is 2.96. The third-order valence-corrected chi connectivity index (χ3v) is 3.90. The smallest absolute Gasteiger partial charge is 0.212 e. The number of aliphatic hydroxyl groups excluding tert-OH is 1. The van der Waals surface area contributed by atoms with E-state index in [2.05, 4.69) is 4.98 Å². The van der Waals surface area contributed by atoms with E-state index in [4.69, 9.17) is 4.74 Å². The average Bonchev–Trinajstić information content (AvgIpc) is 2.68. The van der Waals surface area contributed by atoms with Gasteiger partial charge in [0.25, 0.3) is 0 Å². The fourth-order valence-electron chi connectivity index (χ4n) is 2.76. The van der Waals surface area contributed by atoms with Crippen molar-refractivity contribution < 1.29 is 9.84 Å². The second-order valence-corrected chi connectivity index (χ2v) is 5.23. The molecule has 1 aromatic heterocycles. The Kier molecular flexibility index (Phi) is 5.00. The van der Waals surface area contributed by atoms with Gasteiger partial charge in [-0.3, -0.25) is 0 Å². The first kappa shape index (κ1) is 13.3. The minimum absolute atomic E-state index is 0.224. The molecule has 2 rings (SSSR count). The van der Waals surface area contributed by atoms with Crippen molar-refractivity contribution in [3.63, 3.8) is 0 Å². The van der Waals surface area contributed by atoms with E-state index in [1.807, 2.05) is 12.1 Å². The van der Waals surface area contributed by atoms with Gasteiger partial charge in [-0.1, -0.05) is 31.7 Å². The van der Waals surface area contributed by atoms with Crippen molar-refractivity contribution in [3.8, 4) is 5.88 Å². The Hall–Kier alpha value is -1.09. The van der Waals surface area contributed by atoms with Gasteiger partial charge in [0.15, 0.2) is 0 Å². The van der Waals surface area contributed by atoms with Gasteiger partial charge in [0, 0.05) is 18.7 Å². The Bertz CT molecular complexity index is 342. The molecule has 0 spiro atoms. The monoisotopic (exact) mass is 249 g/mol. The molecule has 1 atom stereocenters. The molecule has 0 radical (unpaired) electrons. The number of ether oxygens (including phenoxy) is 1. The zero-order chi connectivity index (χ0) is 12.8. The molecule has 0 saturated heterocycles. The lowest BCUT2D eigenvalue weighted by atomic mass is 9.90. The quantitative estimate of drug-likeness (QED) is 0.834. The van der Waals surface area contributed by atoms with Crippen LogP contribution in [0, 0.1) is 5.92 Å². The molecule has 1 aromatic rings. The molecular formula is C15H23NO2. The lowest BCUT2D eigenvalue weighted by Crippen LogP contribution is -2.22. The Morgan fingerprint density at radius 3 is 2.56 bits per heavy atom. The number of aliphatic hydroxyl groups is 1. The molecule has 3 nitrogen and oxygen atoms in total. The van der Waals surface area contributed by atoms with Gasteiger partial charge in [-0.05, 0) is 24.3 Å². The van der Waals surface area contributed by atoms with E-state index >= 15 is 0 Å². The number of nitrogens with zero attached hydrogens (tertiary/aromatic N) is 1. The van der Waals surface area contributed by atoms with Crippen molar-refractivity contribution in [1.82, 2.24) is 4.98 Å². The molecule has 1 fully saturated rings. The average molecular weight is 249 g/mol. The van der Waals surface area contributed by atoms with Gasteiger partial charge in [0.2, 0.25) is 5.88 Å². The summed E-state index contributed by atoms with van der Waals surface area (Å²) in [4.78, 5) is 4.18. The van der Waals surface area contributed by atoms with Crippen LogP contribution < -0.4 is 4.74 Å². The SMILES string of the molecule is COc1ccc(CC(O)C2CCCCCC2)cn1. The van der Waals surface area contributed by atoms with E-state index < -0.39 is 0 Å². The van der Waals surface area contributed by atoms with E-state index in [0.29, 0.717) is 18.2 Å². The molecule has 0 amide bonds. The second-order valence-electron chi connectivity index (χ2n) is 5.23. The van der Waals surface area contributed by atoms with Gasteiger partial charge in [-0.15, -0.1) is 0 Å². The summed E-state index contributed by atoms with van der Waals surface area (Å²) in [6.45, 7) is 0. The predicted molar refractivity (Wildman–Crippen MR) is 71.7 cm³/mol. The first-order valence-electron chi connectivity index (χ1n) is 6.96. The zero-order valence-electron chi connectivity index (χ0n) is 11.1. The van der Waals surface area contributed by atoms with Crippen LogP contribution in [0.2, 0.25) is 0 Å². The van der Waals surface area contributed by atoms with Crippen molar-refractivity contribution in [2.24, 2.45) is 5.92 Å². The van der Waals surface area contributed by atoms with Crippen LogP contribution in [0.5, 0.6) is 5.88 Å². The third kappa shape index (κ3) is 3.70. The lowest BCUT2D eigenvalue weighted by Gasteiger charge is -2.21. The van der Waals surface area contributed by atoms with Crippen molar-refractivity contribution in [2.45, 2.75) is 51.0 Å². The van der Waals surface area contributed by atoms with Gasteiger partial charge in [-0.2, -0.15) is 0 Å². The molecule has 18 heavy (non-hydrogen) atoms. The standard InChI is InChI=1S/C15H23NO2/c1-18-15-9-8-12(11-16-15)10-14(17)13-6-4-2-3-5-7-13/h8-9,11,13-14,17H,2-7,10H2,1H3. The fraction of sp³-hybridized carbons (Fsp3) is 0.667. The molecule has 1 N–H and O–H groups in total. The third-order valence-electron chi connectivity index (χ3n) is 3.90. The summed E-state index contributed by atoms with van der Waals surface area (Å²) >= 11 is 0. The minimum Gasteiger partial charge on any atom is -0.481 e. The van der Waals surface area contributed by atoms with Crippen molar-refractivity contribution >= 4 is 0 Å². The first-order chi connectivity index (χ1) is 8.79. The Labute approximate surface area is 109 Å². The zero-order valence-corrected chi connectivity index (χ0v) is 11.1. The summed E-state index contributed by atoms with van der Waals surface area (Å²) < 4.78 is 5.03. The Balaban J connectivity index is 1.90. The number of pyridine rings is 1. The van der Waals surface area contributed by atoms with Crippen LogP contribution in [0.25, 0.3) is 0 Å². The van der Waals surface area contributed by atoms with E-state index in [1.165, 1.54) is 38.5 Å². The molecule has 1 aliphatic rings. The maximum atomic E-state index is 10.3. The van der Waals surface area contributed by atoms with Gasteiger partial charge in [-0.25, -0.2) is 4.98 Å². The first-order valence-corrected chi connectivity index (χ1v) is 6.96. The van der Waals surface area contributed by atoms with Crippen LogP contribution >= 0.6 is 0 Å². The van der Waals surface area contributed by atoms with Crippen molar-refractivity contribution in [1.29, 1.82) is 0 Å². The molecule has 1 saturated carbocycles. The van der Waals surface area contributed by atoms with Crippen LogP contribution in [0.3, 0.4) is 0 Å². The number of rotatable bonds is 4. The van der Waals surface area contributed by atoms with Crippen molar-refractivity contribution in [3.05, 3.63) is 23.9 Å². The van der Waals surface area contributed by atoms with Gasteiger partial charge >= 0.3 is 0 Å². The lowest BCUT2D eigenvalue weighted by molar-refractivity contribution is 0.0985. The molecule has 0 aliphatic heterocycles. The molecular weight excluding hydrogens is 226 g/mol. The summed E-state index contributed by atoms with van der Waals surface area (Å²) in [5.41, 5.74) is 1.09. The number of methoxy groups -OCH3 is 1. The molecule has 0 aromatic carbocycles. The van der Waals surface area contributed by atoms with Crippen molar-refractivity contribution in [2.75, 3.05) is 7.11 Å². The fourth-order valence-corrected chi connectivity index (χ4v) is 2.76. The Morgan fingerprint density at radius 1 is 1.28 bits per heavy atom. The van der Waals surface area contributed by atoms with Crippen LogP contribution in [0.4, 0.5) is 0 Å². The molecule has 3 heteroatoms. The highest BCUT2D eigenvalue weighted by Crippen LogP contribution is 2.27. The number of aromatic nitrogens is 1. The van der Waals surface area contributed by atoms with Gasteiger partial charge < -0.3 is 9.84 Å². The van der Waals surface area contributed by atoms with Gasteiger partial charge in [0.1, 0.15) is 0 Å². The highest BCUT2D eigenvalue weighted by molar-refractivity contribution is 5.18. The highest BCUT2D eigenvalue weighted by atomic mass is 16.5. The largest absolute Gasteiger partial charge is 0.481 e. The van der Waals surface area contributed by atoms with E-state index in [1.54, 1.807) is 13.3 Å². The van der Waals surface area contributed by atoms with Crippen LogP contribution in [0.1, 0.15) is 44.1 Å². The molecule has 100 valence electrons. The van der Waals surface area contributed by atoms with Crippen LogP contribution in [0.15, 0.2) is 18.3 Å². The summed E-state index contributed by atoms with van der Waals surface area (Å²) in [6, 6.07) is 3.85. The van der Waals surface area contributed by atoms with Crippen LogP contribution in [-0.4, -0.2) is 23.3 Å². The van der Waals surface area contributed by atoms with E-state index in [0.717, 1.165) is 5.56 Å². The summed E-state index contributed by atoms with van der Waals surface area (Å²) in [5.74, 6) is 1.09. The summed E-state index contributed by atoms with van der Waals surface area (Å²) in [5, 5.41) is 10.3. The minimum atomic E-state index is -0.224. The van der Waals surface area contributed by atoms with Crippen LogP contribution in [-0.2, 0) is 6.42 Å². The topological polar surface area (TPSA) is 42.4 Å². The molecule has 1 aliphatic carbocycles. The summed E-state index contributed by atoms with van der Waals surface area (Å²) in [6.07, 6.45) is 9.82. The van der Waals surface area contributed by atoms with Gasteiger partial charge in [0.05, 0.1) is 13.2 Å². The molecule has 0 bridgehead atoms. The second kappa shape index (κ2) is 6.74. The number of hydrogen-bond acceptors (Lipinski definition) is 3. The maximum absolute atomic E-state index is 10.3. The summed E-state index contributed by atoms with van der Waals surface area (Å²) in [7, 11) is 1.61. The van der Waals surface area contributed by atoms with E-state index in [-0.39, 0.29) is 6.10 Å². The molecule has 1 unspecified atom stereocenters. The molecule has 1 heterocycles. The maximum Gasteiger partial charge on any atom is 0.212 e. The normalized spacial score (nSPS) is 19.2.